The average molecular weight is 249 g/mol. The van der Waals surface area contributed by atoms with E-state index in [9.17, 15) is 4.79 Å². The Morgan fingerprint density at radius 3 is 2.82 bits per heavy atom. The van der Waals surface area contributed by atoms with Crippen molar-refractivity contribution in [3.63, 3.8) is 0 Å². The Balaban J connectivity index is 2.32. The summed E-state index contributed by atoms with van der Waals surface area (Å²) in [6, 6.07) is 7.48. The van der Waals surface area contributed by atoms with Gasteiger partial charge in [-0.25, -0.2) is 9.21 Å². The lowest BCUT2D eigenvalue weighted by Gasteiger charge is -1.99. The van der Waals surface area contributed by atoms with Crippen molar-refractivity contribution in [3.05, 3.63) is 41.0 Å². The van der Waals surface area contributed by atoms with Gasteiger partial charge in [0.2, 0.25) is 0 Å². The van der Waals surface area contributed by atoms with Crippen molar-refractivity contribution >= 4 is 17.3 Å². The van der Waals surface area contributed by atoms with Gasteiger partial charge in [-0.2, -0.15) is 0 Å². The van der Waals surface area contributed by atoms with E-state index >= 15 is 0 Å². The second-order valence-electron chi connectivity index (χ2n) is 3.47. The molecule has 3 nitrogen and oxygen atoms in total. The number of rotatable bonds is 3. The van der Waals surface area contributed by atoms with Gasteiger partial charge in [0.05, 0.1) is 13.5 Å². The van der Waals surface area contributed by atoms with Crippen molar-refractivity contribution < 1.29 is 13.9 Å². The van der Waals surface area contributed by atoms with Gasteiger partial charge >= 0.3 is 17.5 Å². The fraction of sp³-hybridized carbons (Fsp3) is 0.231. The van der Waals surface area contributed by atoms with Crippen molar-refractivity contribution in [1.29, 1.82) is 0 Å². The minimum atomic E-state index is -0.341. The number of hydrogen-bond acceptors (Lipinski definition) is 3. The highest BCUT2D eigenvalue weighted by molar-refractivity contribution is 7.13. The predicted octanol–water partition coefficient (Wildman–Crippen LogP) is 3.77. The van der Waals surface area contributed by atoms with E-state index in [1.165, 1.54) is 0 Å². The minimum Gasteiger partial charge on any atom is -0.462 e. The van der Waals surface area contributed by atoms with Crippen LogP contribution in [0.5, 0.6) is 0 Å². The lowest BCUT2D eigenvalue weighted by molar-refractivity contribution is 0.0522. The van der Waals surface area contributed by atoms with E-state index in [0.717, 1.165) is 10.6 Å². The van der Waals surface area contributed by atoms with Gasteiger partial charge in [0.25, 0.3) is 0 Å². The third-order valence-electron chi connectivity index (χ3n) is 2.30. The first kappa shape index (κ1) is 11.8. The molecule has 2 heterocycles. The molecule has 2 aromatic heterocycles. The van der Waals surface area contributed by atoms with Crippen LogP contribution >= 0.6 is 11.3 Å². The van der Waals surface area contributed by atoms with Crippen LogP contribution in [0.1, 0.15) is 23.0 Å². The van der Waals surface area contributed by atoms with Crippen LogP contribution in [0.2, 0.25) is 0 Å². The molecule has 4 heteroatoms. The molecule has 0 aliphatic rings. The number of ether oxygens (including phenoxy) is 1. The monoisotopic (exact) mass is 249 g/mol. The molecular weight excluding hydrogens is 236 g/mol. The number of carbonyl (C=O) groups excluding carboxylic acids is 1. The lowest BCUT2D eigenvalue weighted by atomic mass is 10.2. The molecular formula is C13H13O3S+. The van der Waals surface area contributed by atoms with E-state index in [0.29, 0.717) is 17.9 Å². The van der Waals surface area contributed by atoms with Gasteiger partial charge in [-0.3, -0.25) is 0 Å². The van der Waals surface area contributed by atoms with Gasteiger partial charge in [-0.05, 0) is 24.4 Å². The van der Waals surface area contributed by atoms with Crippen molar-refractivity contribution in [1.82, 2.24) is 0 Å². The van der Waals surface area contributed by atoms with Crippen LogP contribution in [0.4, 0.5) is 0 Å². The first-order valence-electron chi connectivity index (χ1n) is 5.37. The predicted molar refractivity (Wildman–Crippen MR) is 67.1 cm³/mol. The maximum absolute atomic E-state index is 11.6. The summed E-state index contributed by atoms with van der Waals surface area (Å²) in [6.45, 7) is 3.92. The Morgan fingerprint density at radius 2 is 2.24 bits per heavy atom. The van der Waals surface area contributed by atoms with Gasteiger partial charge in [-0.1, -0.05) is 6.07 Å². The number of aryl methyl sites for hydroxylation is 1. The van der Waals surface area contributed by atoms with Crippen LogP contribution in [0.15, 0.2) is 34.1 Å². The van der Waals surface area contributed by atoms with Gasteiger partial charge < -0.3 is 4.74 Å². The van der Waals surface area contributed by atoms with Crippen LogP contribution < -0.4 is 0 Å². The molecule has 88 valence electrons. The maximum atomic E-state index is 11.6. The smallest absolute Gasteiger partial charge is 0.370 e. The Bertz CT molecular complexity index is 517. The van der Waals surface area contributed by atoms with Gasteiger partial charge in [-0.15, -0.1) is 11.3 Å². The van der Waals surface area contributed by atoms with E-state index in [-0.39, 0.29) is 5.97 Å². The van der Waals surface area contributed by atoms with E-state index < -0.39 is 0 Å². The number of thiophene rings is 1. The highest BCUT2D eigenvalue weighted by Crippen LogP contribution is 2.26. The molecule has 0 N–H and O–H groups in total. The minimum absolute atomic E-state index is 0.341. The van der Waals surface area contributed by atoms with Crippen LogP contribution in [-0.4, -0.2) is 12.6 Å². The standard InChI is InChI=1S/C13H13O3S/c1-3-15-13(14)10-6-7-11(16-9(10)2)12-5-4-8-17-12/h4-8H,3H2,1-2H3/q+1. The molecule has 0 amide bonds. The normalized spacial score (nSPS) is 10.2. The topological polar surface area (TPSA) is 37.6 Å². The summed E-state index contributed by atoms with van der Waals surface area (Å²) in [7, 11) is 0. The molecule has 0 unspecified atom stereocenters. The summed E-state index contributed by atoms with van der Waals surface area (Å²) in [6.07, 6.45) is 0. The SMILES string of the molecule is CCOC(=O)c1ccc(-c2cccs2)[o+]c1C. The van der Waals surface area contributed by atoms with E-state index in [1.54, 1.807) is 37.3 Å². The molecule has 0 radical (unpaired) electrons. The van der Waals surface area contributed by atoms with Crippen LogP contribution in [0.3, 0.4) is 0 Å². The van der Waals surface area contributed by atoms with E-state index in [1.807, 2.05) is 17.5 Å². The third-order valence-corrected chi connectivity index (χ3v) is 3.19. The maximum Gasteiger partial charge on any atom is 0.370 e. The van der Waals surface area contributed by atoms with E-state index in [4.69, 9.17) is 9.15 Å². The molecule has 0 saturated heterocycles. The molecule has 17 heavy (non-hydrogen) atoms. The molecule has 2 aromatic rings. The number of hydrogen-bond donors (Lipinski definition) is 0. The second kappa shape index (κ2) is 5.10. The highest BCUT2D eigenvalue weighted by atomic mass is 32.1. The molecule has 0 spiro atoms. The Hall–Kier alpha value is -1.68. The summed E-state index contributed by atoms with van der Waals surface area (Å²) >= 11 is 1.60. The zero-order valence-corrected chi connectivity index (χ0v) is 10.5. The first-order chi connectivity index (χ1) is 8.22. The fourth-order valence-corrected chi connectivity index (χ4v) is 2.19. The quantitative estimate of drug-likeness (QED) is 0.613. The summed E-state index contributed by atoms with van der Waals surface area (Å²) < 4.78 is 10.6. The average Bonchev–Trinajstić information content (AvgIpc) is 2.82. The fourth-order valence-electron chi connectivity index (χ4n) is 1.50. The molecule has 0 aliphatic heterocycles. The van der Waals surface area contributed by atoms with Crippen LogP contribution in [-0.2, 0) is 4.74 Å². The Morgan fingerprint density at radius 1 is 1.41 bits per heavy atom. The molecule has 0 atom stereocenters. The molecule has 0 bridgehead atoms. The summed E-state index contributed by atoms with van der Waals surface area (Å²) in [5, 5.41) is 1.99. The number of esters is 1. The molecule has 0 aliphatic carbocycles. The molecule has 0 saturated carbocycles. The zero-order valence-electron chi connectivity index (χ0n) is 9.73. The lowest BCUT2D eigenvalue weighted by Crippen LogP contribution is -2.06. The van der Waals surface area contributed by atoms with Crippen molar-refractivity contribution in [2.24, 2.45) is 0 Å². The summed E-state index contributed by atoms with van der Waals surface area (Å²) in [5.74, 6) is 1.01. The number of carbonyl (C=O) groups is 1. The first-order valence-corrected chi connectivity index (χ1v) is 6.25. The third kappa shape index (κ3) is 2.53. The largest absolute Gasteiger partial charge is 0.462 e. The Kier molecular flexibility index (Phi) is 3.54. The van der Waals surface area contributed by atoms with E-state index in [2.05, 4.69) is 0 Å². The Labute approximate surface area is 104 Å². The van der Waals surface area contributed by atoms with Crippen molar-refractivity contribution in [2.45, 2.75) is 13.8 Å². The summed E-state index contributed by atoms with van der Waals surface area (Å²) in [5.41, 5.74) is 0.479. The summed E-state index contributed by atoms with van der Waals surface area (Å²) in [4.78, 5) is 12.6. The second-order valence-corrected chi connectivity index (χ2v) is 4.41. The molecule has 0 fully saturated rings. The van der Waals surface area contributed by atoms with Crippen LogP contribution in [0.25, 0.3) is 10.6 Å². The van der Waals surface area contributed by atoms with Gasteiger partial charge in [0.1, 0.15) is 4.88 Å². The highest BCUT2D eigenvalue weighted by Gasteiger charge is 2.22. The van der Waals surface area contributed by atoms with Gasteiger partial charge in [0.15, 0.2) is 5.56 Å². The molecule has 2 rings (SSSR count). The van der Waals surface area contributed by atoms with Crippen molar-refractivity contribution in [3.8, 4) is 10.6 Å². The van der Waals surface area contributed by atoms with Crippen molar-refractivity contribution in [2.75, 3.05) is 6.61 Å². The molecule has 0 aromatic carbocycles. The van der Waals surface area contributed by atoms with Gasteiger partial charge in [0, 0.05) is 6.07 Å². The zero-order chi connectivity index (χ0) is 12.3. The van der Waals surface area contributed by atoms with Crippen LogP contribution in [0, 0.1) is 6.92 Å².